The summed E-state index contributed by atoms with van der Waals surface area (Å²) in [5, 5.41) is 44.2. The molecule has 0 unspecified atom stereocenters. The molecule has 0 aromatic rings. The third-order valence-electron chi connectivity index (χ3n) is 1.74. The van der Waals surface area contributed by atoms with Crippen molar-refractivity contribution in [1.29, 1.82) is 0 Å². The molecule has 0 saturated heterocycles. The molecule has 0 saturated carbocycles. The number of hydrogen-bond donors (Lipinski definition) is 0. The van der Waals surface area contributed by atoms with E-state index >= 15 is 0 Å². The summed E-state index contributed by atoms with van der Waals surface area (Å²) in [6.07, 6.45) is 6.87. The summed E-state index contributed by atoms with van der Waals surface area (Å²) in [4.78, 5) is 29.3. The van der Waals surface area contributed by atoms with E-state index in [1.165, 1.54) is 19.4 Å². The molecule has 14 nitrogen and oxygen atoms in total. The van der Waals surface area contributed by atoms with E-state index in [-0.39, 0.29) is 40.4 Å². The zero-order chi connectivity index (χ0) is 18.1. The molecule has 0 amide bonds. The second-order valence-corrected chi connectivity index (χ2v) is 3.53. The second kappa shape index (κ2) is 20.3. The molecule has 1 radical (unpaired) electrons. The summed E-state index contributed by atoms with van der Waals surface area (Å²) in [6, 6.07) is 0. The number of unbranched alkanes of at least 4 members (excludes halogenated alkanes) is 1. The maximum absolute atomic E-state index is 8.25. The van der Waals surface area contributed by atoms with E-state index in [9.17, 15) is 0 Å². The van der Waals surface area contributed by atoms with E-state index in [0.717, 1.165) is 6.67 Å². The van der Waals surface area contributed by atoms with Gasteiger partial charge in [-0.2, -0.15) is 0 Å². The molecule has 23 heavy (non-hydrogen) atoms. The molecule has 133 valence electrons. The number of hydrogen-bond acceptors (Lipinski definition) is 11. The predicted molar refractivity (Wildman–Crippen MR) is 74.5 cm³/mol. The van der Waals surface area contributed by atoms with Gasteiger partial charge in [0.2, 0.25) is 0 Å². The van der Waals surface area contributed by atoms with Crippen LogP contribution in [0.3, 0.4) is 0 Å². The van der Waals surface area contributed by atoms with Crippen LogP contribution in [0.2, 0.25) is 0 Å². The summed E-state index contributed by atoms with van der Waals surface area (Å²) >= 11 is 0. The van der Waals surface area contributed by atoms with Gasteiger partial charge in [0.15, 0.2) is 0 Å². The summed E-state index contributed by atoms with van der Waals surface area (Å²) in [5.41, 5.74) is 0. The Morgan fingerprint density at radius 2 is 1.26 bits per heavy atom. The van der Waals surface area contributed by atoms with Crippen LogP contribution in [0.1, 0.15) is 19.8 Å². The van der Waals surface area contributed by atoms with Gasteiger partial charge in [0.1, 0.15) is 0 Å². The van der Waals surface area contributed by atoms with Crippen LogP contribution < -0.4 is 0 Å². The Balaban J connectivity index is -0.000000118. The SMILES string of the molecule is CCCCN1C=CN(C)C1.O=[N+]([O-])[O-].O=[N+]([O-])[O-].O=[N+]([O-])[O-].[Sm+3]. The first-order valence-corrected chi connectivity index (χ1v) is 5.60. The molecular weight excluding hydrogens is 460 g/mol. The molecule has 1 aliphatic heterocycles. The largest absolute Gasteiger partial charge is 3.00 e. The smallest absolute Gasteiger partial charge is 0.362 e. The minimum Gasteiger partial charge on any atom is -0.362 e. The minimum atomic E-state index is -1.75. The summed E-state index contributed by atoms with van der Waals surface area (Å²) in [6.45, 7) is 4.50. The van der Waals surface area contributed by atoms with Gasteiger partial charge in [0.25, 0.3) is 0 Å². The van der Waals surface area contributed by atoms with Gasteiger partial charge in [-0.3, -0.25) is 0 Å². The Morgan fingerprint density at radius 1 is 0.913 bits per heavy atom. The zero-order valence-electron chi connectivity index (χ0n) is 12.3. The predicted octanol–water partition coefficient (Wildman–Crippen LogP) is 0.745. The van der Waals surface area contributed by atoms with Gasteiger partial charge in [-0.05, 0) is 6.42 Å². The van der Waals surface area contributed by atoms with E-state index in [4.69, 9.17) is 46.0 Å². The van der Waals surface area contributed by atoms with Crippen LogP contribution in [0.15, 0.2) is 12.4 Å². The van der Waals surface area contributed by atoms with Crippen molar-refractivity contribution in [2.24, 2.45) is 0 Å². The summed E-state index contributed by atoms with van der Waals surface area (Å²) < 4.78 is 0. The average Bonchev–Trinajstić information content (AvgIpc) is 2.70. The first-order chi connectivity index (χ1) is 10.0. The Morgan fingerprint density at radius 3 is 1.48 bits per heavy atom. The molecule has 15 heteroatoms. The maximum atomic E-state index is 8.25. The van der Waals surface area contributed by atoms with Crippen molar-refractivity contribution < 1.29 is 55.6 Å². The minimum absolute atomic E-state index is 0. The van der Waals surface area contributed by atoms with Crippen LogP contribution in [0, 0.1) is 86.4 Å². The van der Waals surface area contributed by atoms with Crippen molar-refractivity contribution in [3.63, 3.8) is 0 Å². The molecule has 1 aliphatic rings. The Hall–Kier alpha value is -1.72. The Bertz CT molecular complexity index is 316. The molecule has 1 heterocycles. The van der Waals surface area contributed by atoms with Crippen LogP contribution in [0.4, 0.5) is 0 Å². The fourth-order valence-corrected chi connectivity index (χ4v) is 1.10. The van der Waals surface area contributed by atoms with Gasteiger partial charge < -0.3 is 55.8 Å². The van der Waals surface area contributed by atoms with Crippen molar-refractivity contribution in [1.82, 2.24) is 9.80 Å². The third-order valence-corrected chi connectivity index (χ3v) is 1.74. The van der Waals surface area contributed by atoms with Crippen LogP contribution in [-0.4, -0.2) is 45.3 Å². The molecule has 0 bridgehead atoms. The van der Waals surface area contributed by atoms with Gasteiger partial charge in [-0.15, -0.1) is 0 Å². The van der Waals surface area contributed by atoms with Crippen molar-refractivity contribution in [2.75, 3.05) is 20.3 Å². The van der Waals surface area contributed by atoms with Crippen molar-refractivity contribution >= 4 is 0 Å². The Kier molecular flexibility index (Phi) is 25.8. The van der Waals surface area contributed by atoms with E-state index in [1.807, 2.05) is 0 Å². The molecule has 0 fully saturated rings. The van der Waals surface area contributed by atoms with Crippen LogP contribution in [-0.2, 0) is 0 Å². The standard InChI is InChI=1S/C8H16N2.3NO3.Sm/c1-3-4-5-10-7-6-9(2)8-10;3*2-1(3)4;/h6-7H,3-5,8H2,1-2H3;;;;/q;3*-1;+3. The fraction of sp³-hybridized carbons (Fsp3) is 0.750. The van der Waals surface area contributed by atoms with E-state index in [2.05, 4.69) is 36.2 Å². The zero-order valence-corrected chi connectivity index (χ0v) is 14.9. The Labute approximate surface area is 163 Å². The van der Waals surface area contributed by atoms with Crippen LogP contribution >= 0.6 is 0 Å². The van der Waals surface area contributed by atoms with Gasteiger partial charge in [0, 0.05) is 26.0 Å². The molecule has 0 N–H and O–H groups in total. The molecule has 0 spiro atoms. The monoisotopic (exact) mass is 478 g/mol. The average molecular weight is 477 g/mol. The quantitative estimate of drug-likeness (QED) is 0.410. The van der Waals surface area contributed by atoms with Crippen molar-refractivity contribution in [2.45, 2.75) is 19.8 Å². The molecular formula is C8H16N5O9Sm. The maximum Gasteiger partial charge on any atom is 3.00 e. The van der Waals surface area contributed by atoms with Crippen LogP contribution in [0.5, 0.6) is 0 Å². The molecule has 0 aliphatic carbocycles. The summed E-state index contributed by atoms with van der Waals surface area (Å²) in [5.74, 6) is 0. The fourth-order valence-electron chi connectivity index (χ4n) is 1.10. The van der Waals surface area contributed by atoms with Gasteiger partial charge in [-0.25, -0.2) is 0 Å². The molecule has 0 aromatic heterocycles. The van der Waals surface area contributed by atoms with Crippen molar-refractivity contribution in [3.8, 4) is 0 Å². The summed E-state index contributed by atoms with van der Waals surface area (Å²) in [7, 11) is 2.10. The topological polar surface area (TPSA) is 205 Å². The first-order valence-electron chi connectivity index (χ1n) is 5.60. The molecule has 1 rings (SSSR count). The van der Waals surface area contributed by atoms with Crippen LogP contribution in [0.25, 0.3) is 0 Å². The van der Waals surface area contributed by atoms with Gasteiger partial charge in [-0.1, -0.05) is 13.3 Å². The van der Waals surface area contributed by atoms with E-state index in [0.29, 0.717) is 0 Å². The number of rotatable bonds is 3. The van der Waals surface area contributed by atoms with Crippen molar-refractivity contribution in [3.05, 3.63) is 58.4 Å². The molecule has 0 atom stereocenters. The van der Waals surface area contributed by atoms with Gasteiger partial charge >= 0.3 is 40.4 Å². The number of nitrogens with zero attached hydrogens (tertiary/aromatic N) is 5. The molecule has 0 aromatic carbocycles. The van der Waals surface area contributed by atoms with E-state index in [1.54, 1.807) is 0 Å². The third kappa shape index (κ3) is 53.3. The first kappa shape index (κ1) is 29.3. The normalized spacial score (nSPS) is 10.5. The van der Waals surface area contributed by atoms with Gasteiger partial charge in [0.05, 0.1) is 21.9 Å². The second-order valence-electron chi connectivity index (χ2n) is 3.53. The van der Waals surface area contributed by atoms with E-state index < -0.39 is 15.3 Å².